The van der Waals surface area contributed by atoms with Crippen molar-refractivity contribution in [2.75, 3.05) is 5.32 Å². The smallest absolute Gasteiger partial charge is 0.123 e. The van der Waals surface area contributed by atoms with E-state index in [1.54, 1.807) is 12.1 Å². The molecule has 1 N–H and O–H groups in total. The molecular weight excluding hydrogens is 261 g/mol. The zero-order chi connectivity index (χ0) is 15.5. The third-order valence-electron chi connectivity index (χ3n) is 3.72. The van der Waals surface area contributed by atoms with Crippen molar-refractivity contribution in [1.29, 1.82) is 0 Å². The zero-order valence-electron chi connectivity index (χ0n) is 13.3. The summed E-state index contributed by atoms with van der Waals surface area (Å²) in [5.74, 6) is -0.183. The van der Waals surface area contributed by atoms with Gasteiger partial charge < -0.3 is 5.32 Å². The molecule has 0 aliphatic rings. The minimum Gasteiger partial charge on any atom is -0.378 e. The number of anilines is 1. The van der Waals surface area contributed by atoms with Crippen LogP contribution in [0.5, 0.6) is 0 Å². The second-order valence-corrected chi connectivity index (χ2v) is 6.46. The average Bonchev–Trinajstić information content (AvgIpc) is 2.44. The lowest BCUT2D eigenvalue weighted by molar-refractivity contribution is 0.589. The maximum Gasteiger partial charge on any atom is 0.123 e. The molecule has 1 nitrogen and oxygen atoms in total. The lowest BCUT2D eigenvalue weighted by Gasteiger charge is -2.27. The summed E-state index contributed by atoms with van der Waals surface area (Å²) in [7, 11) is 0. The average molecular weight is 285 g/mol. The number of nitrogens with one attached hydrogen (secondary N) is 1. The summed E-state index contributed by atoms with van der Waals surface area (Å²) in [6.45, 7) is 8.73. The number of halogens is 1. The number of para-hydroxylation sites is 1. The minimum atomic E-state index is -0.183. The van der Waals surface area contributed by atoms with Crippen LogP contribution >= 0.6 is 0 Å². The summed E-state index contributed by atoms with van der Waals surface area (Å²) < 4.78 is 13.4. The molecule has 0 aromatic heterocycles. The molecule has 0 radical (unpaired) electrons. The first-order valence-corrected chi connectivity index (χ1v) is 7.53. The van der Waals surface area contributed by atoms with Gasteiger partial charge in [-0.25, -0.2) is 4.39 Å². The molecule has 0 heterocycles. The van der Waals surface area contributed by atoms with E-state index in [4.69, 9.17) is 0 Å². The molecule has 0 saturated carbocycles. The lowest BCUT2D eigenvalue weighted by Crippen LogP contribution is -2.17. The Morgan fingerprint density at radius 2 is 1.76 bits per heavy atom. The Morgan fingerprint density at radius 1 is 1.05 bits per heavy atom. The van der Waals surface area contributed by atoms with Crippen molar-refractivity contribution in [3.63, 3.8) is 0 Å². The molecule has 21 heavy (non-hydrogen) atoms. The van der Waals surface area contributed by atoms with Gasteiger partial charge in [-0.05, 0) is 41.2 Å². The van der Waals surface area contributed by atoms with E-state index in [2.05, 4.69) is 51.2 Å². The molecule has 0 amide bonds. The highest BCUT2D eigenvalue weighted by Gasteiger charge is 2.19. The van der Waals surface area contributed by atoms with Crippen molar-refractivity contribution in [2.45, 2.75) is 45.6 Å². The van der Waals surface area contributed by atoms with Crippen LogP contribution in [-0.2, 0) is 5.41 Å². The van der Waals surface area contributed by atoms with Crippen LogP contribution in [0.15, 0.2) is 48.5 Å². The largest absolute Gasteiger partial charge is 0.378 e. The van der Waals surface area contributed by atoms with Crippen LogP contribution < -0.4 is 5.32 Å². The van der Waals surface area contributed by atoms with Gasteiger partial charge in [0.2, 0.25) is 0 Å². The summed E-state index contributed by atoms with van der Waals surface area (Å²) in [4.78, 5) is 0. The first kappa shape index (κ1) is 15.6. The van der Waals surface area contributed by atoms with Gasteiger partial charge in [-0.3, -0.25) is 0 Å². The molecule has 2 heteroatoms. The van der Waals surface area contributed by atoms with Crippen molar-refractivity contribution in [3.05, 3.63) is 65.5 Å². The Balaban J connectivity index is 2.32. The van der Waals surface area contributed by atoms with E-state index in [-0.39, 0.29) is 17.3 Å². The highest BCUT2D eigenvalue weighted by atomic mass is 19.1. The molecule has 2 rings (SSSR count). The van der Waals surface area contributed by atoms with Crippen LogP contribution in [0.25, 0.3) is 0 Å². The summed E-state index contributed by atoms with van der Waals surface area (Å²) in [5.41, 5.74) is 3.46. The Labute approximate surface area is 127 Å². The van der Waals surface area contributed by atoms with Gasteiger partial charge in [-0.1, -0.05) is 58.0 Å². The molecule has 0 fully saturated rings. The molecule has 2 aromatic rings. The van der Waals surface area contributed by atoms with E-state index < -0.39 is 0 Å². The second-order valence-electron chi connectivity index (χ2n) is 6.46. The maximum atomic E-state index is 13.4. The van der Waals surface area contributed by atoms with Crippen molar-refractivity contribution in [1.82, 2.24) is 0 Å². The SMILES string of the molecule is CCC(Nc1ccccc1C(C)(C)C)c1cccc(F)c1. The monoisotopic (exact) mass is 285 g/mol. The van der Waals surface area contributed by atoms with Gasteiger partial charge >= 0.3 is 0 Å². The normalized spacial score (nSPS) is 13.0. The third-order valence-corrected chi connectivity index (χ3v) is 3.72. The van der Waals surface area contributed by atoms with Gasteiger partial charge in [0.25, 0.3) is 0 Å². The highest BCUT2D eigenvalue weighted by molar-refractivity contribution is 5.55. The van der Waals surface area contributed by atoms with Gasteiger partial charge in [0.05, 0.1) is 6.04 Å². The lowest BCUT2D eigenvalue weighted by atomic mass is 9.85. The second kappa shape index (κ2) is 6.30. The molecule has 1 atom stereocenters. The zero-order valence-corrected chi connectivity index (χ0v) is 13.3. The van der Waals surface area contributed by atoms with Crippen molar-refractivity contribution in [3.8, 4) is 0 Å². The van der Waals surface area contributed by atoms with E-state index in [0.29, 0.717) is 0 Å². The number of hydrogen-bond acceptors (Lipinski definition) is 1. The van der Waals surface area contributed by atoms with Gasteiger partial charge in [-0.2, -0.15) is 0 Å². The first-order chi connectivity index (χ1) is 9.91. The summed E-state index contributed by atoms with van der Waals surface area (Å²) in [6, 6.07) is 15.3. The van der Waals surface area contributed by atoms with Crippen LogP contribution in [0.1, 0.15) is 51.3 Å². The number of benzene rings is 2. The van der Waals surface area contributed by atoms with Gasteiger partial charge in [-0.15, -0.1) is 0 Å². The fourth-order valence-electron chi connectivity index (χ4n) is 2.60. The van der Waals surface area contributed by atoms with E-state index in [0.717, 1.165) is 17.7 Å². The van der Waals surface area contributed by atoms with E-state index >= 15 is 0 Å². The van der Waals surface area contributed by atoms with Crippen molar-refractivity contribution < 1.29 is 4.39 Å². The van der Waals surface area contributed by atoms with Crippen LogP contribution in [0, 0.1) is 5.82 Å². The predicted molar refractivity (Wildman–Crippen MR) is 88.2 cm³/mol. The van der Waals surface area contributed by atoms with E-state index in [1.165, 1.54) is 11.6 Å². The number of rotatable bonds is 4. The molecule has 112 valence electrons. The van der Waals surface area contributed by atoms with Crippen LogP contribution in [0.3, 0.4) is 0 Å². The molecular formula is C19H24FN. The van der Waals surface area contributed by atoms with Crippen molar-refractivity contribution in [2.24, 2.45) is 0 Å². The quantitative estimate of drug-likeness (QED) is 0.761. The van der Waals surface area contributed by atoms with E-state index in [1.807, 2.05) is 12.1 Å². The van der Waals surface area contributed by atoms with Crippen molar-refractivity contribution >= 4 is 5.69 Å². The summed E-state index contributed by atoms with van der Waals surface area (Å²) in [6.07, 6.45) is 0.905. The Morgan fingerprint density at radius 3 is 2.38 bits per heavy atom. The Bertz CT molecular complexity index is 599. The minimum absolute atomic E-state index is 0.0732. The van der Waals surface area contributed by atoms with Gasteiger partial charge in [0.1, 0.15) is 5.82 Å². The first-order valence-electron chi connectivity index (χ1n) is 7.53. The summed E-state index contributed by atoms with van der Waals surface area (Å²) in [5, 5.41) is 3.58. The predicted octanol–water partition coefficient (Wildman–Crippen LogP) is 5.69. The Kier molecular flexibility index (Phi) is 4.66. The van der Waals surface area contributed by atoms with E-state index in [9.17, 15) is 4.39 Å². The number of hydrogen-bond donors (Lipinski definition) is 1. The third kappa shape index (κ3) is 3.84. The molecule has 0 aliphatic heterocycles. The van der Waals surface area contributed by atoms with Gasteiger partial charge in [0.15, 0.2) is 0 Å². The molecule has 0 saturated heterocycles. The Hall–Kier alpha value is -1.83. The van der Waals surface area contributed by atoms with Crippen LogP contribution in [-0.4, -0.2) is 0 Å². The fourth-order valence-corrected chi connectivity index (χ4v) is 2.60. The van der Waals surface area contributed by atoms with Gasteiger partial charge in [0, 0.05) is 5.69 Å². The molecule has 2 aromatic carbocycles. The standard InChI is InChI=1S/C19H24FN/c1-5-17(14-9-8-10-15(20)13-14)21-18-12-7-6-11-16(18)19(2,3)4/h6-13,17,21H,5H2,1-4H3. The molecule has 0 spiro atoms. The molecule has 0 aliphatic carbocycles. The summed E-state index contributed by atoms with van der Waals surface area (Å²) >= 11 is 0. The molecule has 1 unspecified atom stereocenters. The fraction of sp³-hybridized carbons (Fsp3) is 0.368. The highest BCUT2D eigenvalue weighted by Crippen LogP contribution is 2.32. The maximum absolute atomic E-state index is 13.4. The van der Waals surface area contributed by atoms with Crippen LogP contribution in [0.4, 0.5) is 10.1 Å². The molecule has 0 bridgehead atoms. The topological polar surface area (TPSA) is 12.0 Å². The van der Waals surface area contributed by atoms with Crippen LogP contribution in [0.2, 0.25) is 0 Å².